The SMILES string of the molecule is CN=C(NCc1cc(F)ccc1F)N1CCN(c2cccs2)CC1. The van der Waals surface area contributed by atoms with Crippen LogP contribution in [0.4, 0.5) is 13.8 Å². The smallest absolute Gasteiger partial charge is 0.194 e. The van der Waals surface area contributed by atoms with Crippen LogP contribution < -0.4 is 10.2 Å². The van der Waals surface area contributed by atoms with Crippen molar-refractivity contribution in [2.24, 2.45) is 4.99 Å². The Morgan fingerprint density at radius 2 is 2.00 bits per heavy atom. The molecule has 0 aliphatic carbocycles. The first kappa shape index (κ1) is 16.7. The van der Waals surface area contributed by atoms with Crippen LogP contribution in [0.5, 0.6) is 0 Å². The second-order valence-corrected chi connectivity index (χ2v) is 6.49. The quantitative estimate of drug-likeness (QED) is 0.682. The molecule has 1 N–H and O–H groups in total. The largest absolute Gasteiger partial charge is 0.360 e. The number of aliphatic imine (C=N–C) groups is 1. The van der Waals surface area contributed by atoms with Gasteiger partial charge in [-0.15, -0.1) is 11.3 Å². The molecule has 1 aliphatic heterocycles. The number of guanidine groups is 1. The number of hydrogen-bond donors (Lipinski definition) is 1. The Bertz CT molecular complexity index is 695. The average molecular weight is 350 g/mol. The number of rotatable bonds is 3. The van der Waals surface area contributed by atoms with Crippen LogP contribution >= 0.6 is 11.3 Å². The van der Waals surface area contributed by atoms with E-state index < -0.39 is 11.6 Å². The third-order valence-corrected chi connectivity index (χ3v) is 4.98. The van der Waals surface area contributed by atoms with Gasteiger partial charge in [-0.3, -0.25) is 4.99 Å². The van der Waals surface area contributed by atoms with Crippen molar-refractivity contribution >= 4 is 22.3 Å². The molecule has 2 heterocycles. The summed E-state index contributed by atoms with van der Waals surface area (Å²) in [4.78, 5) is 8.75. The zero-order valence-corrected chi connectivity index (χ0v) is 14.3. The topological polar surface area (TPSA) is 30.9 Å². The molecule has 0 radical (unpaired) electrons. The van der Waals surface area contributed by atoms with E-state index in [0.29, 0.717) is 11.5 Å². The number of piperazine rings is 1. The second-order valence-electron chi connectivity index (χ2n) is 5.56. The number of nitrogens with zero attached hydrogens (tertiary/aromatic N) is 3. The van der Waals surface area contributed by atoms with Gasteiger partial charge in [-0.25, -0.2) is 8.78 Å². The third kappa shape index (κ3) is 3.84. The average Bonchev–Trinajstić information content (AvgIpc) is 3.13. The van der Waals surface area contributed by atoms with Gasteiger partial charge < -0.3 is 15.1 Å². The van der Waals surface area contributed by atoms with Crippen LogP contribution in [0.15, 0.2) is 40.7 Å². The van der Waals surface area contributed by atoms with E-state index in [9.17, 15) is 8.78 Å². The maximum absolute atomic E-state index is 13.7. The molecular formula is C17H20F2N4S. The molecule has 1 aliphatic rings. The van der Waals surface area contributed by atoms with Gasteiger partial charge in [-0.2, -0.15) is 0 Å². The molecule has 24 heavy (non-hydrogen) atoms. The number of nitrogens with one attached hydrogen (secondary N) is 1. The number of anilines is 1. The Balaban J connectivity index is 1.56. The number of halogens is 2. The molecule has 128 valence electrons. The van der Waals surface area contributed by atoms with Crippen molar-refractivity contribution in [3.63, 3.8) is 0 Å². The van der Waals surface area contributed by atoms with Gasteiger partial charge in [0.2, 0.25) is 0 Å². The van der Waals surface area contributed by atoms with Crippen LogP contribution in [-0.4, -0.2) is 44.1 Å². The molecule has 1 aromatic carbocycles. The standard InChI is InChI=1S/C17H20F2N4S/c1-20-17(21-12-13-11-14(18)4-5-15(13)19)23-8-6-22(7-9-23)16-3-2-10-24-16/h2-5,10-11H,6-9,12H2,1H3,(H,20,21). The van der Waals surface area contributed by atoms with E-state index in [1.54, 1.807) is 18.4 Å². The minimum atomic E-state index is -0.437. The molecule has 1 fully saturated rings. The summed E-state index contributed by atoms with van der Waals surface area (Å²) in [7, 11) is 1.70. The Morgan fingerprint density at radius 3 is 2.67 bits per heavy atom. The van der Waals surface area contributed by atoms with Gasteiger partial charge in [-0.05, 0) is 35.7 Å². The summed E-state index contributed by atoms with van der Waals surface area (Å²) in [6.07, 6.45) is 0. The fraction of sp³-hybridized carbons (Fsp3) is 0.353. The van der Waals surface area contributed by atoms with E-state index in [1.165, 1.54) is 11.1 Å². The fourth-order valence-electron chi connectivity index (χ4n) is 2.77. The number of thiophene rings is 1. The van der Waals surface area contributed by atoms with Crippen LogP contribution in [0.3, 0.4) is 0 Å². The second kappa shape index (κ2) is 7.61. The summed E-state index contributed by atoms with van der Waals surface area (Å²) >= 11 is 1.74. The fourth-order valence-corrected chi connectivity index (χ4v) is 3.56. The van der Waals surface area contributed by atoms with Crippen LogP contribution in [0.2, 0.25) is 0 Å². The molecule has 2 aromatic rings. The minimum absolute atomic E-state index is 0.210. The number of benzene rings is 1. The van der Waals surface area contributed by atoms with Crippen molar-refractivity contribution < 1.29 is 8.78 Å². The Morgan fingerprint density at radius 1 is 1.21 bits per heavy atom. The van der Waals surface area contributed by atoms with E-state index in [1.807, 2.05) is 0 Å². The highest BCUT2D eigenvalue weighted by Gasteiger charge is 2.20. The Kier molecular flexibility index (Phi) is 5.30. The lowest BCUT2D eigenvalue weighted by Gasteiger charge is -2.37. The van der Waals surface area contributed by atoms with Crippen LogP contribution in [0, 0.1) is 11.6 Å². The first-order chi connectivity index (χ1) is 11.7. The first-order valence-corrected chi connectivity index (χ1v) is 8.73. The molecule has 0 atom stereocenters. The highest BCUT2D eigenvalue weighted by atomic mass is 32.1. The van der Waals surface area contributed by atoms with Crippen molar-refractivity contribution in [3.05, 3.63) is 52.9 Å². The molecule has 0 spiro atoms. The molecular weight excluding hydrogens is 330 g/mol. The van der Waals surface area contributed by atoms with E-state index in [-0.39, 0.29) is 6.54 Å². The molecule has 0 bridgehead atoms. The van der Waals surface area contributed by atoms with Crippen LogP contribution in [-0.2, 0) is 6.54 Å². The lowest BCUT2D eigenvalue weighted by molar-refractivity contribution is 0.373. The van der Waals surface area contributed by atoms with E-state index in [4.69, 9.17) is 0 Å². The summed E-state index contributed by atoms with van der Waals surface area (Å²) in [6, 6.07) is 7.66. The molecule has 7 heteroatoms. The van der Waals surface area contributed by atoms with Crippen molar-refractivity contribution in [2.45, 2.75) is 6.54 Å². The zero-order valence-electron chi connectivity index (χ0n) is 13.5. The van der Waals surface area contributed by atoms with Gasteiger partial charge in [0.1, 0.15) is 11.6 Å². The minimum Gasteiger partial charge on any atom is -0.360 e. The lowest BCUT2D eigenvalue weighted by atomic mass is 10.2. The first-order valence-electron chi connectivity index (χ1n) is 7.85. The monoisotopic (exact) mass is 350 g/mol. The maximum Gasteiger partial charge on any atom is 0.194 e. The van der Waals surface area contributed by atoms with Gasteiger partial charge in [0, 0.05) is 45.3 Å². The van der Waals surface area contributed by atoms with Crippen LogP contribution in [0.1, 0.15) is 5.56 Å². The van der Waals surface area contributed by atoms with Crippen LogP contribution in [0.25, 0.3) is 0 Å². The molecule has 0 unspecified atom stereocenters. The van der Waals surface area contributed by atoms with Gasteiger partial charge in [0.15, 0.2) is 5.96 Å². The van der Waals surface area contributed by atoms with Crippen molar-refractivity contribution in [3.8, 4) is 0 Å². The molecule has 0 saturated carbocycles. The molecule has 3 rings (SSSR count). The van der Waals surface area contributed by atoms with Gasteiger partial charge in [0.05, 0.1) is 5.00 Å². The number of hydrogen-bond acceptors (Lipinski definition) is 3. The maximum atomic E-state index is 13.7. The lowest BCUT2D eigenvalue weighted by Crippen LogP contribution is -2.52. The molecule has 0 amide bonds. The van der Waals surface area contributed by atoms with E-state index in [0.717, 1.165) is 38.3 Å². The molecule has 4 nitrogen and oxygen atoms in total. The normalized spacial score (nSPS) is 15.7. The van der Waals surface area contributed by atoms with Crippen molar-refractivity contribution in [1.29, 1.82) is 0 Å². The third-order valence-electron chi connectivity index (χ3n) is 4.05. The van der Waals surface area contributed by atoms with Gasteiger partial charge >= 0.3 is 0 Å². The van der Waals surface area contributed by atoms with Gasteiger partial charge in [0.25, 0.3) is 0 Å². The van der Waals surface area contributed by atoms with Crippen molar-refractivity contribution in [1.82, 2.24) is 10.2 Å². The summed E-state index contributed by atoms with van der Waals surface area (Å²) in [5.74, 6) is -0.140. The summed E-state index contributed by atoms with van der Waals surface area (Å²) in [5.41, 5.74) is 0.299. The summed E-state index contributed by atoms with van der Waals surface area (Å²) < 4.78 is 27.0. The Labute approximate surface area is 144 Å². The zero-order chi connectivity index (χ0) is 16.9. The molecule has 1 saturated heterocycles. The summed E-state index contributed by atoms with van der Waals surface area (Å²) in [6.45, 7) is 3.71. The predicted octanol–water partition coefficient (Wildman–Crippen LogP) is 2.92. The van der Waals surface area contributed by atoms with E-state index in [2.05, 4.69) is 37.6 Å². The van der Waals surface area contributed by atoms with E-state index >= 15 is 0 Å². The summed E-state index contributed by atoms with van der Waals surface area (Å²) in [5, 5.41) is 6.48. The predicted molar refractivity (Wildman–Crippen MR) is 94.7 cm³/mol. The van der Waals surface area contributed by atoms with Crippen molar-refractivity contribution in [2.75, 3.05) is 38.1 Å². The Hall–Kier alpha value is -2.15. The highest BCUT2D eigenvalue weighted by molar-refractivity contribution is 7.14. The van der Waals surface area contributed by atoms with Gasteiger partial charge in [-0.1, -0.05) is 0 Å². The molecule has 1 aromatic heterocycles. The highest BCUT2D eigenvalue weighted by Crippen LogP contribution is 2.22.